The van der Waals surface area contributed by atoms with Crippen LogP contribution in [0.1, 0.15) is 26.2 Å². The van der Waals surface area contributed by atoms with Crippen LogP contribution < -0.4 is 5.32 Å². The third-order valence-electron chi connectivity index (χ3n) is 1.87. The topological polar surface area (TPSA) is 33.6 Å². The van der Waals surface area contributed by atoms with E-state index in [1.807, 2.05) is 6.92 Å². The van der Waals surface area contributed by atoms with Gasteiger partial charge in [-0.3, -0.25) is 4.99 Å². The summed E-state index contributed by atoms with van der Waals surface area (Å²) >= 11 is 0. The highest BCUT2D eigenvalue weighted by molar-refractivity contribution is 5.83. The van der Waals surface area contributed by atoms with Crippen molar-refractivity contribution in [3.05, 3.63) is 0 Å². The first-order valence-corrected chi connectivity index (χ1v) is 4.78. The molecule has 1 heterocycles. The molecule has 0 spiro atoms. The molecule has 0 bridgehead atoms. The zero-order chi connectivity index (χ0) is 8.65. The monoisotopic (exact) mass is 170 g/mol. The van der Waals surface area contributed by atoms with Gasteiger partial charge >= 0.3 is 0 Å². The lowest BCUT2D eigenvalue weighted by Crippen LogP contribution is -2.23. The maximum Gasteiger partial charge on any atom is 0.0963 e. The summed E-state index contributed by atoms with van der Waals surface area (Å²) in [5, 5.41) is 3.31. The van der Waals surface area contributed by atoms with Crippen molar-refractivity contribution >= 4 is 5.84 Å². The molecule has 3 heteroatoms. The summed E-state index contributed by atoms with van der Waals surface area (Å²) in [6.07, 6.45) is 3.43. The largest absolute Gasteiger partial charge is 0.382 e. The third kappa shape index (κ3) is 3.72. The van der Waals surface area contributed by atoms with Gasteiger partial charge in [-0.1, -0.05) is 0 Å². The van der Waals surface area contributed by atoms with Crippen LogP contribution in [0, 0.1) is 0 Å². The molecule has 3 nitrogen and oxygen atoms in total. The number of amidine groups is 1. The Kier molecular flexibility index (Phi) is 4.76. The summed E-state index contributed by atoms with van der Waals surface area (Å²) in [6.45, 7) is 5.71. The molecule has 70 valence electrons. The molecule has 0 aromatic heterocycles. The van der Waals surface area contributed by atoms with Gasteiger partial charge in [-0.15, -0.1) is 0 Å². The average Bonchev–Trinajstić information content (AvgIpc) is 2.57. The van der Waals surface area contributed by atoms with Gasteiger partial charge in [-0.05, 0) is 19.8 Å². The minimum atomic E-state index is 0.820. The van der Waals surface area contributed by atoms with Crippen LogP contribution in [0.15, 0.2) is 4.99 Å². The van der Waals surface area contributed by atoms with Crippen LogP contribution in [0.5, 0.6) is 0 Å². The molecule has 0 atom stereocenters. The Balaban J connectivity index is 1.88. The third-order valence-corrected chi connectivity index (χ3v) is 1.87. The fourth-order valence-corrected chi connectivity index (χ4v) is 1.24. The molecule has 0 radical (unpaired) electrons. The Morgan fingerprint density at radius 1 is 1.58 bits per heavy atom. The summed E-state index contributed by atoms with van der Waals surface area (Å²) in [5.41, 5.74) is 0. The Morgan fingerprint density at radius 2 is 2.50 bits per heavy atom. The predicted molar refractivity (Wildman–Crippen MR) is 50.6 cm³/mol. The predicted octanol–water partition coefficient (Wildman–Crippen LogP) is 1.19. The lowest BCUT2D eigenvalue weighted by molar-refractivity contribution is 0.145. The molecule has 1 aliphatic heterocycles. The molecule has 0 aromatic rings. The number of rotatable bonds is 5. The lowest BCUT2D eigenvalue weighted by atomic mass is 10.3. The summed E-state index contributed by atoms with van der Waals surface area (Å²) in [5.74, 6) is 1.19. The van der Waals surface area contributed by atoms with Gasteiger partial charge in [0.1, 0.15) is 0 Å². The first-order chi connectivity index (χ1) is 5.93. The van der Waals surface area contributed by atoms with E-state index in [-0.39, 0.29) is 0 Å². The smallest absolute Gasteiger partial charge is 0.0963 e. The highest BCUT2D eigenvalue weighted by Gasteiger charge is 2.03. The number of nitrogens with one attached hydrogen (secondary N) is 1. The van der Waals surface area contributed by atoms with Crippen molar-refractivity contribution in [1.29, 1.82) is 0 Å². The second-order valence-corrected chi connectivity index (χ2v) is 2.91. The first kappa shape index (κ1) is 9.52. The molecule has 0 aromatic carbocycles. The van der Waals surface area contributed by atoms with Gasteiger partial charge < -0.3 is 10.1 Å². The lowest BCUT2D eigenvalue weighted by Gasteiger charge is -2.04. The minimum Gasteiger partial charge on any atom is -0.382 e. The number of hydrogen-bond donors (Lipinski definition) is 1. The van der Waals surface area contributed by atoms with Crippen LogP contribution in [-0.2, 0) is 4.74 Å². The van der Waals surface area contributed by atoms with E-state index >= 15 is 0 Å². The van der Waals surface area contributed by atoms with Crippen molar-refractivity contribution in [2.24, 2.45) is 4.99 Å². The Hall–Kier alpha value is -0.570. The first-order valence-electron chi connectivity index (χ1n) is 4.78. The zero-order valence-corrected chi connectivity index (χ0v) is 7.81. The second-order valence-electron chi connectivity index (χ2n) is 2.91. The van der Waals surface area contributed by atoms with E-state index in [1.54, 1.807) is 0 Å². The maximum atomic E-state index is 5.22. The van der Waals surface area contributed by atoms with Crippen LogP contribution in [-0.4, -0.2) is 32.1 Å². The second kappa shape index (κ2) is 6.00. The number of aliphatic imine (C=N–C) groups is 1. The highest BCUT2D eigenvalue weighted by Crippen LogP contribution is 2.00. The molecule has 12 heavy (non-hydrogen) atoms. The van der Waals surface area contributed by atoms with Crippen molar-refractivity contribution in [2.75, 3.05) is 26.3 Å². The minimum absolute atomic E-state index is 0.820. The summed E-state index contributed by atoms with van der Waals surface area (Å²) in [6, 6.07) is 0. The van der Waals surface area contributed by atoms with Crippen molar-refractivity contribution in [1.82, 2.24) is 5.32 Å². The van der Waals surface area contributed by atoms with Gasteiger partial charge in [0.25, 0.3) is 0 Å². The molecule has 1 aliphatic rings. The van der Waals surface area contributed by atoms with Crippen LogP contribution in [0.3, 0.4) is 0 Å². The molecule has 0 saturated carbocycles. The Bertz CT molecular complexity index is 145. The molecule has 0 saturated heterocycles. The van der Waals surface area contributed by atoms with E-state index in [2.05, 4.69) is 10.3 Å². The normalized spacial score (nSPS) is 16.2. The molecule has 0 amide bonds. The molecule has 1 rings (SSSR count). The Labute approximate surface area is 74.2 Å². The van der Waals surface area contributed by atoms with Crippen molar-refractivity contribution in [3.63, 3.8) is 0 Å². The number of nitrogens with zero attached hydrogens (tertiary/aromatic N) is 1. The quantitative estimate of drug-likeness (QED) is 0.629. The van der Waals surface area contributed by atoms with Crippen molar-refractivity contribution in [2.45, 2.75) is 26.2 Å². The van der Waals surface area contributed by atoms with E-state index in [0.717, 1.165) is 39.1 Å². The van der Waals surface area contributed by atoms with E-state index in [9.17, 15) is 0 Å². The number of ether oxygens (including phenoxy) is 1. The van der Waals surface area contributed by atoms with E-state index < -0.39 is 0 Å². The van der Waals surface area contributed by atoms with Gasteiger partial charge in [0.15, 0.2) is 0 Å². The number of hydrogen-bond acceptors (Lipinski definition) is 3. The molecular formula is C9H18N2O. The Morgan fingerprint density at radius 3 is 3.17 bits per heavy atom. The van der Waals surface area contributed by atoms with Gasteiger partial charge in [0.05, 0.1) is 5.84 Å². The fourth-order valence-electron chi connectivity index (χ4n) is 1.24. The van der Waals surface area contributed by atoms with Crippen LogP contribution >= 0.6 is 0 Å². The van der Waals surface area contributed by atoms with Gasteiger partial charge in [0.2, 0.25) is 0 Å². The highest BCUT2D eigenvalue weighted by atomic mass is 16.5. The molecule has 1 N–H and O–H groups in total. The standard InChI is InChI=1S/C9H18N2O/c1-2-12-8-4-7-11-9-5-3-6-10-9/h2-8H2,1H3,(H,10,11). The summed E-state index contributed by atoms with van der Waals surface area (Å²) in [7, 11) is 0. The van der Waals surface area contributed by atoms with Gasteiger partial charge in [-0.2, -0.15) is 0 Å². The SMILES string of the molecule is CCOCCCNC1=NCCC1. The maximum absolute atomic E-state index is 5.22. The fraction of sp³-hybridized carbons (Fsp3) is 0.889. The average molecular weight is 170 g/mol. The van der Waals surface area contributed by atoms with E-state index in [1.165, 1.54) is 12.3 Å². The van der Waals surface area contributed by atoms with Crippen molar-refractivity contribution < 1.29 is 4.74 Å². The molecule has 0 aliphatic carbocycles. The molecule has 0 unspecified atom stereocenters. The van der Waals surface area contributed by atoms with Crippen LogP contribution in [0.4, 0.5) is 0 Å². The van der Waals surface area contributed by atoms with Gasteiger partial charge in [-0.25, -0.2) is 0 Å². The molecule has 0 fully saturated rings. The molecular weight excluding hydrogens is 152 g/mol. The van der Waals surface area contributed by atoms with Gasteiger partial charge in [0, 0.05) is 32.7 Å². The van der Waals surface area contributed by atoms with Crippen LogP contribution in [0.2, 0.25) is 0 Å². The summed E-state index contributed by atoms with van der Waals surface area (Å²) in [4.78, 5) is 4.32. The summed E-state index contributed by atoms with van der Waals surface area (Å²) < 4.78 is 5.22. The zero-order valence-electron chi connectivity index (χ0n) is 7.81. The van der Waals surface area contributed by atoms with Crippen LogP contribution in [0.25, 0.3) is 0 Å². The van der Waals surface area contributed by atoms with E-state index in [0.29, 0.717) is 0 Å². The van der Waals surface area contributed by atoms with E-state index in [4.69, 9.17) is 4.74 Å². The van der Waals surface area contributed by atoms with Crippen molar-refractivity contribution in [3.8, 4) is 0 Å².